The van der Waals surface area contributed by atoms with Crippen LogP contribution in [0.1, 0.15) is 5.56 Å². The summed E-state index contributed by atoms with van der Waals surface area (Å²) in [7, 11) is -5.24. The molecule has 21 heavy (non-hydrogen) atoms. The molecule has 118 valence electrons. The zero-order valence-corrected chi connectivity index (χ0v) is 11.8. The maximum absolute atomic E-state index is 13.1. The molecular formula is C10H11BF4O5S. The van der Waals surface area contributed by atoms with Gasteiger partial charge in [0.15, 0.2) is 0 Å². The minimum Gasteiger partial charge on any atom is -0.414 e. The van der Waals surface area contributed by atoms with Gasteiger partial charge in [-0.1, -0.05) is 0 Å². The van der Waals surface area contributed by atoms with Crippen LogP contribution in [0.15, 0.2) is 18.2 Å². The van der Waals surface area contributed by atoms with Gasteiger partial charge in [0.2, 0.25) is 0 Å². The summed E-state index contributed by atoms with van der Waals surface area (Å²) in [6, 6.07) is 2.35. The molecule has 1 rings (SSSR count). The molecule has 0 N–H and O–H groups in total. The van der Waals surface area contributed by atoms with E-state index in [1.54, 1.807) is 0 Å². The van der Waals surface area contributed by atoms with Crippen molar-refractivity contribution < 1.29 is 39.5 Å². The van der Waals surface area contributed by atoms with E-state index in [9.17, 15) is 26.0 Å². The zero-order valence-electron chi connectivity index (χ0n) is 11.0. The Labute approximate surface area is 119 Å². The van der Waals surface area contributed by atoms with Crippen LogP contribution in [0.3, 0.4) is 0 Å². The van der Waals surface area contributed by atoms with Crippen LogP contribution in [0.4, 0.5) is 17.6 Å². The third-order valence-corrected chi connectivity index (χ3v) is 3.28. The topological polar surface area (TPSA) is 61.8 Å². The molecule has 0 unspecified atom stereocenters. The summed E-state index contributed by atoms with van der Waals surface area (Å²) in [6.07, 6.45) is 0. The molecule has 0 atom stereocenters. The molecule has 1 aromatic rings. The summed E-state index contributed by atoms with van der Waals surface area (Å²) < 4.78 is 85.5. The Morgan fingerprint density at radius 1 is 1.29 bits per heavy atom. The van der Waals surface area contributed by atoms with Crippen LogP contribution in [0.2, 0.25) is 6.82 Å². The van der Waals surface area contributed by atoms with Gasteiger partial charge in [0.1, 0.15) is 11.6 Å². The third-order valence-electron chi connectivity index (χ3n) is 2.31. The second-order valence-electron chi connectivity index (χ2n) is 3.85. The molecule has 0 spiro atoms. The van der Waals surface area contributed by atoms with E-state index >= 15 is 0 Å². The first-order valence-corrected chi connectivity index (χ1v) is 6.91. The van der Waals surface area contributed by atoms with Gasteiger partial charge in [0.05, 0.1) is 6.61 Å². The molecule has 0 fully saturated rings. The Balaban J connectivity index is 3.02. The Hall–Kier alpha value is -1.33. The highest BCUT2D eigenvalue weighted by molar-refractivity contribution is 7.88. The summed E-state index contributed by atoms with van der Waals surface area (Å²) in [5, 5.41) is 0. The molecule has 0 aromatic heterocycles. The highest BCUT2D eigenvalue weighted by Crippen LogP contribution is 2.29. The van der Waals surface area contributed by atoms with Gasteiger partial charge in [-0.15, -0.1) is 0 Å². The van der Waals surface area contributed by atoms with Crippen LogP contribution < -0.4 is 4.18 Å². The van der Waals surface area contributed by atoms with Gasteiger partial charge >= 0.3 is 22.7 Å². The van der Waals surface area contributed by atoms with Gasteiger partial charge in [-0.25, -0.2) is 4.39 Å². The summed E-state index contributed by atoms with van der Waals surface area (Å²) in [5.41, 5.74) is -5.79. The van der Waals surface area contributed by atoms with Gasteiger partial charge in [-0.05, 0) is 25.0 Å². The normalized spacial score (nSPS) is 12.3. The fourth-order valence-corrected chi connectivity index (χ4v) is 1.68. The van der Waals surface area contributed by atoms with Gasteiger partial charge in [-0.3, -0.25) is 0 Å². The lowest BCUT2D eigenvalue weighted by Crippen LogP contribution is -2.28. The first-order valence-electron chi connectivity index (χ1n) is 5.50. The quantitative estimate of drug-likeness (QED) is 0.347. The fourth-order valence-electron chi connectivity index (χ4n) is 1.18. The van der Waals surface area contributed by atoms with Gasteiger partial charge < -0.3 is 13.5 Å². The van der Waals surface area contributed by atoms with E-state index in [0.29, 0.717) is 0 Å². The van der Waals surface area contributed by atoms with Crippen LogP contribution >= 0.6 is 0 Å². The maximum atomic E-state index is 13.1. The lowest BCUT2D eigenvalue weighted by atomic mass is 9.95. The number of rotatable bonds is 6. The van der Waals surface area contributed by atoms with Crippen molar-refractivity contribution in [2.45, 2.75) is 18.9 Å². The first-order chi connectivity index (χ1) is 9.56. The molecule has 0 bridgehead atoms. The second-order valence-corrected chi connectivity index (χ2v) is 5.39. The highest BCUT2D eigenvalue weighted by atomic mass is 32.2. The molecule has 1 aromatic carbocycles. The minimum absolute atomic E-state index is 0.202. The van der Waals surface area contributed by atoms with E-state index in [0.717, 1.165) is 18.2 Å². The lowest BCUT2D eigenvalue weighted by Gasteiger charge is -2.14. The predicted octanol–water partition coefficient (Wildman–Crippen LogP) is 2.34. The van der Waals surface area contributed by atoms with E-state index in [1.165, 1.54) is 13.9 Å². The molecule has 0 aliphatic heterocycles. The number of alkyl halides is 3. The van der Waals surface area contributed by atoms with Crippen LogP contribution in [0, 0.1) is 5.82 Å². The van der Waals surface area contributed by atoms with Crippen LogP contribution in [0.5, 0.6) is 5.75 Å². The SMILES string of the molecule is COB(C)OCc1cc(F)ccc1OS(=O)(=O)C(F)(F)F. The van der Waals surface area contributed by atoms with E-state index in [1.807, 2.05) is 0 Å². The molecule has 5 nitrogen and oxygen atoms in total. The minimum atomic E-state index is -5.84. The van der Waals surface area contributed by atoms with Crippen molar-refractivity contribution in [1.29, 1.82) is 0 Å². The average molecular weight is 330 g/mol. The Morgan fingerprint density at radius 2 is 1.90 bits per heavy atom. The Bertz CT molecular complexity index is 590. The lowest BCUT2D eigenvalue weighted by molar-refractivity contribution is -0.0500. The molecular weight excluding hydrogens is 319 g/mol. The van der Waals surface area contributed by atoms with E-state index < -0.39 is 40.9 Å². The molecule has 0 radical (unpaired) electrons. The van der Waals surface area contributed by atoms with Crippen molar-refractivity contribution in [3.8, 4) is 5.75 Å². The van der Waals surface area contributed by atoms with Crippen molar-refractivity contribution >= 4 is 17.2 Å². The predicted molar refractivity (Wildman–Crippen MR) is 65.4 cm³/mol. The standard InChI is InChI=1S/C10H11BF4O5S/c1-11(18-2)19-6-7-5-8(12)3-4-9(7)20-21(16,17)10(13,14)15/h3-5H,6H2,1-2H3. The largest absolute Gasteiger partial charge is 0.534 e. The van der Waals surface area contributed by atoms with Crippen molar-refractivity contribution in [1.82, 2.24) is 0 Å². The van der Waals surface area contributed by atoms with E-state index in [-0.39, 0.29) is 5.56 Å². The summed E-state index contributed by atoms with van der Waals surface area (Å²) >= 11 is 0. The van der Waals surface area contributed by atoms with E-state index in [2.05, 4.69) is 4.18 Å². The summed E-state index contributed by atoms with van der Waals surface area (Å²) in [4.78, 5) is 0. The zero-order chi connectivity index (χ0) is 16.3. The van der Waals surface area contributed by atoms with Crippen molar-refractivity contribution in [2.24, 2.45) is 0 Å². The van der Waals surface area contributed by atoms with Gasteiger partial charge in [0.25, 0.3) is 0 Å². The van der Waals surface area contributed by atoms with Crippen LogP contribution in [0.25, 0.3) is 0 Å². The van der Waals surface area contributed by atoms with Crippen LogP contribution in [-0.4, -0.2) is 28.2 Å². The van der Waals surface area contributed by atoms with Crippen molar-refractivity contribution in [2.75, 3.05) is 7.11 Å². The highest BCUT2D eigenvalue weighted by Gasteiger charge is 2.48. The number of benzene rings is 1. The summed E-state index contributed by atoms with van der Waals surface area (Å²) in [6.45, 7) is 1.10. The average Bonchev–Trinajstić information content (AvgIpc) is 2.37. The van der Waals surface area contributed by atoms with Crippen LogP contribution in [-0.2, 0) is 26.0 Å². The molecule has 0 saturated carbocycles. The van der Waals surface area contributed by atoms with Crippen molar-refractivity contribution in [3.05, 3.63) is 29.6 Å². The van der Waals surface area contributed by atoms with Gasteiger partial charge in [0, 0.05) is 12.7 Å². The molecule has 11 heteroatoms. The fraction of sp³-hybridized carbons (Fsp3) is 0.400. The Morgan fingerprint density at radius 3 is 2.43 bits per heavy atom. The first kappa shape index (κ1) is 17.7. The molecule has 0 aliphatic carbocycles. The molecule has 0 heterocycles. The molecule has 0 aliphatic rings. The smallest absolute Gasteiger partial charge is 0.414 e. The second kappa shape index (κ2) is 6.63. The van der Waals surface area contributed by atoms with E-state index in [4.69, 9.17) is 9.31 Å². The summed E-state index contributed by atoms with van der Waals surface area (Å²) in [5.74, 6) is -1.45. The van der Waals surface area contributed by atoms with Gasteiger partial charge in [-0.2, -0.15) is 21.6 Å². The third kappa shape index (κ3) is 4.86. The monoisotopic (exact) mass is 330 g/mol. The number of hydrogen-bond donors (Lipinski definition) is 0. The number of hydrogen-bond acceptors (Lipinski definition) is 5. The number of halogens is 4. The maximum Gasteiger partial charge on any atom is 0.534 e. The molecule has 0 amide bonds. The Kier molecular flexibility index (Phi) is 5.59. The molecule has 0 saturated heterocycles. The van der Waals surface area contributed by atoms with Crippen molar-refractivity contribution in [3.63, 3.8) is 0 Å².